The molecule has 7 nitrogen and oxygen atoms in total. The molecule has 2 unspecified atom stereocenters. The Kier molecular flexibility index (Phi) is 7.53. The fourth-order valence-electron chi connectivity index (χ4n) is 6.10. The molecule has 3 aromatic carbocycles. The number of nitrogens with zero attached hydrogens (tertiary/aromatic N) is 5. The number of carbonyl (C=O) groups excluding carboxylic acids is 1. The molecule has 1 amide bonds. The molecule has 0 saturated carbocycles. The summed E-state index contributed by atoms with van der Waals surface area (Å²) in [7, 11) is 2.08. The van der Waals surface area contributed by atoms with Crippen LogP contribution in [0.15, 0.2) is 61.2 Å². The number of carbonyl (C=O) groups is 1. The minimum absolute atomic E-state index is 0.0563. The van der Waals surface area contributed by atoms with Crippen LogP contribution in [-0.4, -0.2) is 77.6 Å². The summed E-state index contributed by atoms with van der Waals surface area (Å²) in [6.07, 6.45) is 3.49. The van der Waals surface area contributed by atoms with E-state index in [1.165, 1.54) is 6.08 Å². The van der Waals surface area contributed by atoms with Gasteiger partial charge in [-0.3, -0.25) is 4.79 Å². The van der Waals surface area contributed by atoms with E-state index in [1.807, 2.05) is 49.4 Å². The van der Waals surface area contributed by atoms with E-state index in [9.17, 15) is 4.79 Å². The molecule has 2 aliphatic heterocycles. The monoisotopic (exact) mass is 573 g/mol. The van der Waals surface area contributed by atoms with Gasteiger partial charge >= 0.3 is 6.01 Å². The molecule has 9 heteroatoms. The number of benzene rings is 3. The lowest BCUT2D eigenvalue weighted by atomic mass is 9.96. The molecule has 0 bridgehead atoms. The number of hydrogen-bond acceptors (Lipinski definition) is 6. The van der Waals surface area contributed by atoms with Crippen LogP contribution in [-0.2, 0) is 4.79 Å². The molecule has 41 heavy (non-hydrogen) atoms. The van der Waals surface area contributed by atoms with Crippen molar-refractivity contribution in [1.82, 2.24) is 19.8 Å². The highest BCUT2D eigenvalue weighted by Crippen LogP contribution is 2.39. The molecule has 2 fully saturated rings. The van der Waals surface area contributed by atoms with E-state index in [2.05, 4.69) is 28.4 Å². The lowest BCUT2D eigenvalue weighted by molar-refractivity contribution is -0.126. The lowest BCUT2D eigenvalue weighted by Crippen LogP contribution is -2.53. The van der Waals surface area contributed by atoms with Crippen molar-refractivity contribution in [2.75, 3.05) is 44.7 Å². The number of fused-ring (bicyclic) bond motifs is 2. The van der Waals surface area contributed by atoms with Crippen molar-refractivity contribution in [1.29, 1.82) is 0 Å². The molecule has 212 valence electrons. The molecule has 3 heterocycles. The molecule has 2 aliphatic rings. The Labute approximate surface area is 244 Å². The van der Waals surface area contributed by atoms with Crippen LogP contribution in [0.4, 0.5) is 10.2 Å². The van der Waals surface area contributed by atoms with Crippen LogP contribution in [0.1, 0.15) is 19.8 Å². The quantitative estimate of drug-likeness (QED) is 0.266. The smallest absolute Gasteiger partial charge is 0.319 e. The Bertz CT molecular complexity index is 1640. The van der Waals surface area contributed by atoms with E-state index in [0.29, 0.717) is 53.6 Å². The van der Waals surface area contributed by atoms with E-state index in [0.717, 1.165) is 30.2 Å². The summed E-state index contributed by atoms with van der Waals surface area (Å²) in [6, 6.07) is 15.4. The van der Waals surface area contributed by atoms with Crippen LogP contribution in [0.2, 0.25) is 5.02 Å². The fraction of sp³-hybridized carbons (Fsp3) is 0.344. The summed E-state index contributed by atoms with van der Waals surface area (Å²) in [5, 5.41) is 2.88. The average molecular weight is 574 g/mol. The fourth-order valence-corrected chi connectivity index (χ4v) is 6.38. The summed E-state index contributed by atoms with van der Waals surface area (Å²) < 4.78 is 22.7. The standard InChI is InChI=1S/C32H33ClFN5O2/c1-4-27(40)38-16-17-39(20(2)18-38)31-25-14-13-24(23-11-5-8-21-9-6-12-26(33)28(21)23)29(34)30(25)35-32(36-31)41-19-22-10-7-15-37(22)3/h4-6,8-9,11-14,20,22H,1,7,10,15-19H2,2-3H3. The van der Waals surface area contributed by atoms with Gasteiger partial charge < -0.3 is 19.4 Å². The first kappa shape index (κ1) is 27.4. The second-order valence-electron chi connectivity index (χ2n) is 10.9. The number of likely N-dealkylation sites (N-methyl/N-ethyl adjacent to an activating group) is 1. The maximum atomic E-state index is 16.6. The molecule has 2 atom stereocenters. The summed E-state index contributed by atoms with van der Waals surface area (Å²) in [5.41, 5.74) is 1.31. The maximum Gasteiger partial charge on any atom is 0.319 e. The van der Waals surface area contributed by atoms with Gasteiger partial charge in [-0.05, 0) is 62.5 Å². The number of piperazine rings is 1. The van der Waals surface area contributed by atoms with Gasteiger partial charge in [-0.1, -0.05) is 54.6 Å². The minimum Gasteiger partial charge on any atom is -0.462 e. The van der Waals surface area contributed by atoms with E-state index in [4.69, 9.17) is 21.3 Å². The second kappa shape index (κ2) is 11.3. The molecule has 0 aliphatic carbocycles. The van der Waals surface area contributed by atoms with Gasteiger partial charge in [0.1, 0.15) is 17.9 Å². The molecular formula is C32H33ClFN5O2. The molecule has 1 aromatic heterocycles. The first-order valence-corrected chi connectivity index (χ1v) is 14.4. The number of hydrogen-bond donors (Lipinski definition) is 0. The van der Waals surface area contributed by atoms with Crippen molar-refractivity contribution in [3.05, 3.63) is 72.0 Å². The normalized spacial score (nSPS) is 19.7. The van der Waals surface area contributed by atoms with Gasteiger partial charge in [0.05, 0.1) is 0 Å². The average Bonchev–Trinajstić information content (AvgIpc) is 3.40. The van der Waals surface area contributed by atoms with Crippen LogP contribution in [0.25, 0.3) is 32.8 Å². The van der Waals surface area contributed by atoms with E-state index >= 15 is 4.39 Å². The summed E-state index contributed by atoms with van der Waals surface area (Å²) in [6.45, 7) is 8.67. The van der Waals surface area contributed by atoms with Gasteiger partial charge in [-0.15, -0.1) is 0 Å². The van der Waals surface area contributed by atoms with Crippen molar-refractivity contribution in [3.63, 3.8) is 0 Å². The number of likely N-dealkylation sites (tertiary alicyclic amines) is 1. The summed E-state index contributed by atoms with van der Waals surface area (Å²) in [5.74, 6) is 0.0529. The van der Waals surface area contributed by atoms with Crippen LogP contribution < -0.4 is 9.64 Å². The van der Waals surface area contributed by atoms with Gasteiger partial charge in [-0.25, -0.2) is 4.39 Å². The molecule has 0 spiro atoms. The van der Waals surface area contributed by atoms with Gasteiger partial charge in [0.25, 0.3) is 0 Å². The molecule has 0 radical (unpaired) electrons. The van der Waals surface area contributed by atoms with Gasteiger partial charge in [0.2, 0.25) is 5.91 Å². The molecule has 6 rings (SSSR count). The Balaban J connectivity index is 1.46. The molecule has 4 aromatic rings. The predicted octanol–water partition coefficient (Wildman–Crippen LogP) is 5.94. The third-order valence-electron chi connectivity index (χ3n) is 8.37. The van der Waals surface area contributed by atoms with Gasteiger partial charge in [0, 0.05) is 53.1 Å². The largest absolute Gasteiger partial charge is 0.462 e. The molecule has 0 N–H and O–H groups in total. The molecule has 2 saturated heterocycles. The minimum atomic E-state index is -0.450. The number of anilines is 1. The Morgan fingerprint density at radius 2 is 1.93 bits per heavy atom. The Morgan fingerprint density at radius 3 is 2.66 bits per heavy atom. The van der Waals surface area contributed by atoms with E-state index in [-0.39, 0.29) is 29.5 Å². The van der Waals surface area contributed by atoms with E-state index < -0.39 is 5.82 Å². The summed E-state index contributed by atoms with van der Waals surface area (Å²) in [4.78, 5) is 27.9. The first-order chi connectivity index (χ1) is 19.9. The van der Waals surface area contributed by atoms with Gasteiger partial charge in [-0.2, -0.15) is 9.97 Å². The topological polar surface area (TPSA) is 61.8 Å². The Morgan fingerprint density at radius 1 is 1.12 bits per heavy atom. The van der Waals surface area contributed by atoms with Crippen molar-refractivity contribution >= 4 is 45.0 Å². The first-order valence-electron chi connectivity index (χ1n) is 14.0. The lowest BCUT2D eigenvalue weighted by Gasteiger charge is -2.40. The Hall–Kier alpha value is -3.75. The van der Waals surface area contributed by atoms with Crippen LogP contribution in [0, 0.1) is 5.82 Å². The van der Waals surface area contributed by atoms with Crippen molar-refractivity contribution < 1.29 is 13.9 Å². The van der Waals surface area contributed by atoms with Crippen LogP contribution in [0.5, 0.6) is 6.01 Å². The van der Waals surface area contributed by atoms with Crippen molar-refractivity contribution in [3.8, 4) is 17.1 Å². The zero-order valence-electron chi connectivity index (χ0n) is 23.3. The number of aromatic nitrogens is 2. The van der Waals surface area contributed by atoms with Crippen LogP contribution >= 0.6 is 11.6 Å². The van der Waals surface area contributed by atoms with Crippen molar-refractivity contribution in [2.24, 2.45) is 0 Å². The third-order valence-corrected chi connectivity index (χ3v) is 8.69. The maximum absolute atomic E-state index is 16.6. The zero-order chi connectivity index (χ0) is 28.7. The van der Waals surface area contributed by atoms with Crippen molar-refractivity contribution in [2.45, 2.75) is 31.8 Å². The SMILES string of the molecule is C=CC(=O)N1CCN(c2nc(OCC3CCCN3C)nc3c(F)c(-c4cccc5cccc(Cl)c45)ccc23)C(C)C1. The van der Waals surface area contributed by atoms with Gasteiger partial charge in [0.15, 0.2) is 5.82 Å². The van der Waals surface area contributed by atoms with E-state index in [1.54, 1.807) is 11.0 Å². The predicted molar refractivity (Wildman–Crippen MR) is 162 cm³/mol. The highest BCUT2D eigenvalue weighted by Gasteiger charge is 2.30. The molecular weight excluding hydrogens is 541 g/mol. The summed E-state index contributed by atoms with van der Waals surface area (Å²) >= 11 is 6.60. The third kappa shape index (κ3) is 5.11. The number of rotatable bonds is 6. The van der Waals surface area contributed by atoms with Crippen LogP contribution in [0.3, 0.4) is 0 Å². The second-order valence-corrected chi connectivity index (χ2v) is 11.3. The zero-order valence-corrected chi connectivity index (χ0v) is 24.1. The highest BCUT2D eigenvalue weighted by atomic mass is 35.5. The number of ether oxygens (including phenoxy) is 1. The number of halogens is 2. The number of amides is 1. The highest BCUT2D eigenvalue weighted by molar-refractivity contribution is 6.36.